The highest BCUT2D eigenvalue weighted by atomic mass is 32.2. The molecule has 1 aliphatic heterocycles. The maximum absolute atomic E-state index is 12.0. The minimum atomic E-state index is -0.998. The Hall–Kier alpha value is -5.52. The molecule has 0 aliphatic carbocycles. The van der Waals surface area contributed by atoms with Crippen molar-refractivity contribution in [3.8, 4) is 33.7 Å². The molecule has 3 unspecified atom stereocenters. The van der Waals surface area contributed by atoms with E-state index in [0.717, 1.165) is 56.0 Å². The third-order valence-corrected chi connectivity index (χ3v) is 10.2. The summed E-state index contributed by atoms with van der Waals surface area (Å²) >= 11 is 1.52. The van der Waals surface area contributed by atoms with Crippen LogP contribution in [-0.4, -0.2) is 38.9 Å². The van der Waals surface area contributed by atoms with Crippen LogP contribution in [0, 0.1) is 0 Å². The lowest BCUT2D eigenvalue weighted by atomic mass is 9.99. The largest absolute Gasteiger partial charge is 0.481 e. The average molecular weight is 741 g/mol. The molecule has 0 spiro atoms. The van der Waals surface area contributed by atoms with Crippen LogP contribution in [0.15, 0.2) is 143 Å². The van der Waals surface area contributed by atoms with Gasteiger partial charge in [-0.3, -0.25) is 9.59 Å². The molecule has 1 aromatic heterocycles. The molecule has 5 aromatic carbocycles. The summed E-state index contributed by atoms with van der Waals surface area (Å²) in [4.78, 5) is 27.8. The monoisotopic (exact) mass is 740 g/mol. The number of thioether (sulfide) groups is 1. The molecule has 1 amide bonds. The molecule has 7 rings (SSSR count). The highest BCUT2D eigenvalue weighted by Gasteiger charge is 2.33. The van der Waals surface area contributed by atoms with E-state index >= 15 is 0 Å². The Morgan fingerprint density at radius 2 is 1.41 bits per heavy atom. The molecule has 9 nitrogen and oxygen atoms in total. The number of aliphatic hydroxyl groups excluding tert-OH is 1. The van der Waals surface area contributed by atoms with Crippen molar-refractivity contribution in [2.75, 3.05) is 5.75 Å². The number of rotatable bonds is 14. The predicted octanol–water partition coefficient (Wildman–Crippen LogP) is 8.99. The first-order chi connectivity index (χ1) is 26.4. The van der Waals surface area contributed by atoms with Gasteiger partial charge in [-0.15, -0.1) is 0 Å². The summed E-state index contributed by atoms with van der Waals surface area (Å²) in [5, 5.41) is 21.8. The van der Waals surface area contributed by atoms with Gasteiger partial charge in [0.1, 0.15) is 5.69 Å². The van der Waals surface area contributed by atoms with Crippen molar-refractivity contribution in [3.05, 3.63) is 156 Å². The normalized spacial score (nSPS) is 16.9. The van der Waals surface area contributed by atoms with Gasteiger partial charge in [0, 0.05) is 41.8 Å². The molecule has 0 saturated carbocycles. The second kappa shape index (κ2) is 17.5. The van der Waals surface area contributed by atoms with Crippen molar-refractivity contribution < 1.29 is 33.7 Å². The highest BCUT2D eigenvalue weighted by Crippen LogP contribution is 2.41. The zero-order chi connectivity index (χ0) is 37.3. The number of carboxylic acid groups (broad SMARTS) is 1. The molecule has 1 aliphatic rings. The van der Waals surface area contributed by atoms with Crippen molar-refractivity contribution >= 4 is 23.6 Å². The van der Waals surface area contributed by atoms with Crippen molar-refractivity contribution in [2.24, 2.45) is 0 Å². The Balaban J connectivity index is 1.08. The highest BCUT2D eigenvalue weighted by molar-refractivity contribution is 7.99. The van der Waals surface area contributed by atoms with Crippen molar-refractivity contribution in [1.82, 2.24) is 10.3 Å². The zero-order valence-electron chi connectivity index (χ0n) is 29.5. The summed E-state index contributed by atoms with van der Waals surface area (Å²) in [6.07, 6.45) is -0.690. The number of nitrogens with zero attached hydrogens (tertiary/aromatic N) is 1. The van der Waals surface area contributed by atoms with Gasteiger partial charge in [0.25, 0.3) is 5.22 Å². The topological polar surface area (TPSA) is 131 Å². The van der Waals surface area contributed by atoms with Gasteiger partial charge in [-0.2, -0.15) is 0 Å². The van der Waals surface area contributed by atoms with Gasteiger partial charge in [0.15, 0.2) is 12.1 Å². The molecule has 2 heterocycles. The fourth-order valence-electron chi connectivity index (χ4n) is 6.33. The number of nitrogens with one attached hydrogen (secondary N) is 1. The van der Waals surface area contributed by atoms with E-state index in [1.54, 1.807) is 0 Å². The van der Waals surface area contributed by atoms with E-state index in [4.69, 9.17) is 24.0 Å². The Bertz CT molecular complexity index is 2100. The molecule has 274 valence electrons. The number of carboxylic acids is 1. The fraction of sp³-hybridized carbons (Fsp3) is 0.205. The van der Waals surface area contributed by atoms with Crippen LogP contribution in [0.3, 0.4) is 0 Å². The lowest BCUT2D eigenvalue weighted by molar-refractivity contribution is -0.245. The van der Waals surface area contributed by atoms with Gasteiger partial charge >= 0.3 is 5.97 Å². The Morgan fingerprint density at radius 3 is 2.11 bits per heavy atom. The number of aromatic nitrogens is 1. The van der Waals surface area contributed by atoms with E-state index < -0.39 is 12.3 Å². The van der Waals surface area contributed by atoms with E-state index in [1.165, 1.54) is 11.8 Å². The minimum absolute atomic E-state index is 0.0282. The molecule has 3 N–H and O–H groups in total. The van der Waals surface area contributed by atoms with Gasteiger partial charge in [0.05, 0.1) is 25.2 Å². The van der Waals surface area contributed by atoms with Crippen molar-refractivity contribution in [3.63, 3.8) is 0 Å². The Labute approximate surface area is 318 Å². The van der Waals surface area contributed by atoms with Gasteiger partial charge in [-0.1, -0.05) is 139 Å². The van der Waals surface area contributed by atoms with Crippen LogP contribution >= 0.6 is 11.8 Å². The zero-order valence-corrected chi connectivity index (χ0v) is 30.3. The number of carbonyl (C=O) groups is 2. The maximum atomic E-state index is 12.0. The van der Waals surface area contributed by atoms with Crippen molar-refractivity contribution in [1.29, 1.82) is 0 Å². The van der Waals surface area contributed by atoms with Crippen LogP contribution in [0.4, 0.5) is 0 Å². The molecule has 10 heteroatoms. The summed E-state index contributed by atoms with van der Waals surface area (Å²) in [5.74, 6) is 0.0187. The van der Waals surface area contributed by atoms with Crippen LogP contribution < -0.4 is 5.32 Å². The quantitative estimate of drug-likeness (QED) is 0.0937. The first-order valence-corrected chi connectivity index (χ1v) is 18.8. The molecule has 0 radical (unpaired) electrons. The van der Waals surface area contributed by atoms with Crippen LogP contribution in [-0.2, 0) is 32.2 Å². The number of aliphatic hydroxyl groups is 1. The van der Waals surface area contributed by atoms with Gasteiger partial charge in [-0.25, -0.2) is 4.98 Å². The Kier molecular flexibility index (Phi) is 12.0. The van der Waals surface area contributed by atoms with Crippen LogP contribution in [0.25, 0.3) is 33.7 Å². The number of hydrogen-bond donors (Lipinski definition) is 3. The summed E-state index contributed by atoms with van der Waals surface area (Å²) < 4.78 is 19.6. The number of hydrogen-bond acceptors (Lipinski definition) is 8. The number of amides is 1. The van der Waals surface area contributed by atoms with E-state index in [1.807, 2.05) is 133 Å². The summed E-state index contributed by atoms with van der Waals surface area (Å²) in [6.45, 7) is 0.280. The summed E-state index contributed by atoms with van der Waals surface area (Å²) in [5.41, 5.74) is 8.34. The Morgan fingerprint density at radius 1 is 0.722 bits per heavy atom. The molecule has 54 heavy (non-hydrogen) atoms. The first-order valence-electron chi connectivity index (χ1n) is 17.8. The molecule has 1 saturated heterocycles. The number of oxazole rings is 1. The van der Waals surface area contributed by atoms with Crippen molar-refractivity contribution in [2.45, 2.75) is 56.1 Å². The average Bonchev–Trinajstić information content (AvgIpc) is 3.66. The molecule has 0 bridgehead atoms. The van der Waals surface area contributed by atoms with Crippen LogP contribution in [0.2, 0.25) is 0 Å². The molecule has 6 aromatic rings. The van der Waals surface area contributed by atoms with Gasteiger partial charge < -0.3 is 29.4 Å². The maximum Gasteiger partial charge on any atom is 0.303 e. The number of aliphatic carboxylic acids is 1. The lowest BCUT2D eigenvalue weighted by Crippen LogP contribution is -2.31. The van der Waals surface area contributed by atoms with Crippen LogP contribution in [0.1, 0.15) is 53.9 Å². The summed E-state index contributed by atoms with van der Waals surface area (Å²) in [7, 11) is 0. The van der Waals surface area contributed by atoms with Crippen LogP contribution in [0.5, 0.6) is 0 Å². The third-order valence-electron chi connectivity index (χ3n) is 9.20. The van der Waals surface area contributed by atoms with Gasteiger partial charge in [-0.05, 0) is 33.9 Å². The first kappa shape index (κ1) is 36.8. The second-order valence-corrected chi connectivity index (χ2v) is 14.0. The fourth-order valence-corrected chi connectivity index (χ4v) is 7.17. The summed E-state index contributed by atoms with van der Waals surface area (Å²) in [6, 6.07) is 43.8. The number of carbonyl (C=O) groups excluding carboxylic acids is 1. The molecule has 1 fully saturated rings. The number of benzene rings is 5. The SMILES string of the molecule is O=C(O)CCC(=O)NCc1cccc(-c2ccc(C3OC(CSc4nc(-c5ccccc5)c(-c5ccccc5)o4)CC(c4ccc(CO)cc4)O3)cc2)c1. The van der Waals surface area contributed by atoms with E-state index in [0.29, 0.717) is 23.9 Å². The number of ether oxygens (including phenoxy) is 2. The predicted molar refractivity (Wildman–Crippen MR) is 207 cm³/mol. The molecular formula is C44H40N2O7S. The minimum Gasteiger partial charge on any atom is -0.481 e. The molecular weight excluding hydrogens is 701 g/mol. The van der Waals surface area contributed by atoms with Gasteiger partial charge in [0.2, 0.25) is 5.91 Å². The second-order valence-electron chi connectivity index (χ2n) is 13.0. The standard InChI is InChI=1S/C44H40N2O7S/c47-27-29-14-16-32(17-15-29)38-25-37(28-54-44-46-41(33-9-3-1-4-10-33)42(53-44)34-11-5-2-6-12-34)51-43(52-38)35-20-18-31(19-21-35)36-13-7-8-30(24-36)26-45-39(48)22-23-40(49)50/h1-21,24,37-38,43,47H,22-23,25-28H2,(H,45,48)(H,49,50). The smallest absolute Gasteiger partial charge is 0.303 e. The van der Waals surface area contributed by atoms with E-state index in [2.05, 4.69) is 5.32 Å². The van der Waals surface area contributed by atoms with E-state index in [9.17, 15) is 14.7 Å². The lowest BCUT2D eigenvalue weighted by Gasteiger charge is -2.36. The third kappa shape index (κ3) is 9.34. The van der Waals surface area contributed by atoms with E-state index in [-0.39, 0.29) is 37.6 Å². The molecule has 3 atom stereocenters.